The Kier molecular flexibility index (Phi) is 0.583. The third-order valence-electron chi connectivity index (χ3n) is 3.00. The smallest absolute Gasteiger partial charge is 0.0708 e. The van der Waals surface area contributed by atoms with Crippen molar-refractivity contribution in [2.45, 2.75) is 38.2 Å². The van der Waals surface area contributed by atoms with Gasteiger partial charge in [-0.25, -0.2) is 0 Å². The number of fused-ring (bicyclic) bond motifs is 1. The Morgan fingerprint density at radius 2 is 2.12 bits per heavy atom. The lowest BCUT2D eigenvalue weighted by Gasteiger charge is -2.03. The SMILES string of the molecule is CC12CCCC1(O)C2. The first-order chi connectivity index (χ1) is 3.66. The molecule has 2 atom stereocenters. The predicted molar refractivity (Wildman–Crippen MR) is 31.5 cm³/mol. The van der Waals surface area contributed by atoms with E-state index in [1.165, 1.54) is 12.8 Å². The maximum Gasteiger partial charge on any atom is 0.0708 e. The van der Waals surface area contributed by atoms with Gasteiger partial charge in [-0.3, -0.25) is 0 Å². The molecule has 0 spiro atoms. The molecule has 2 unspecified atom stereocenters. The summed E-state index contributed by atoms with van der Waals surface area (Å²) in [5.41, 5.74) is 0.153. The van der Waals surface area contributed by atoms with Crippen molar-refractivity contribution in [3.8, 4) is 0 Å². The second kappa shape index (κ2) is 0.971. The molecule has 0 aliphatic heterocycles. The van der Waals surface area contributed by atoms with Crippen LogP contribution in [0.25, 0.3) is 0 Å². The van der Waals surface area contributed by atoms with Gasteiger partial charge in [-0.15, -0.1) is 0 Å². The Balaban J connectivity index is 2.26. The van der Waals surface area contributed by atoms with Crippen LogP contribution in [0.1, 0.15) is 32.6 Å². The summed E-state index contributed by atoms with van der Waals surface area (Å²) in [7, 11) is 0. The first-order valence-corrected chi connectivity index (χ1v) is 3.39. The summed E-state index contributed by atoms with van der Waals surface area (Å²) in [6.45, 7) is 2.19. The zero-order chi connectivity index (χ0) is 5.83. The van der Waals surface area contributed by atoms with Gasteiger partial charge in [0, 0.05) is 0 Å². The summed E-state index contributed by atoms with van der Waals surface area (Å²) in [5.74, 6) is 0. The Hall–Kier alpha value is -0.0400. The van der Waals surface area contributed by atoms with Gasteiger partial charge < -0.3 is 5.11 Å². The molecule has 0 bridgehead atoms. The minimum atomic E-state index is -0.201. The molecule has 2 fully saturated rings. The Morgan fingerprint density at radius 3 is 2.25 bits per heavy atom. The molecule has 2 aliphatic carbocycles. The fourth-order valence-electron chi connectivity index (χ4n) is 2.08. The average molecular weight is 112 g/mol. The minimum absolute atomic E-state index is 0.201. The van der Waals surface area contributed by atoms with Gasteiger partial charge in [0.1, 0.15) is 0 Å². The highest BCUT2D eigenvalue weighted by atomic mass is 16.3. The first kappa shape index (κ1) is 4.80. The van der Waals surface area contributed by atoms with Gasteiger partial charge in [0.2, 0.25) is 0 Å². The van der Waals surface area contributed by atoms with Crippen molar-refractivity contribution in [1.82, 2.24) is 0 Å². The highest BCUT2D eigenvalue weighted by Crippen LogP contribution is 2.66. The van der Waals surface area contributed by atoms with Crippen LogP contribution in [0.3, 0.4) is 0 Å². The Bertz CT molecular complexity index is 110. The van der Waals surface area contributed by atoms with Crippen LogP contribution in [-0.4, -0.2) is 10.7 Å². The third-order valence-corrected chi connectivity index (χ3v) is 3.00. The lowest BCUT2D eigenvalue weighted by molar-refractivity contribution is 0.122. The predicted octanol–water partition coefficient (Wildman–Crippen LogP) is 1.31. The molecule has 46 valence electrons. The molecule has 2 saturated carbocycles. The second-order valence-electron chi connectivity index (χ2n) is 3.62. The molecule has 1 nitrogen and oxygen atoms in total. The molecule has 0 aromatic heterocycles. The van der Waals surface area contributed by atoms with Gasteiger partial charge in [0.15, 0.2) is 0 Å². The molecule has 2 rings (SSSR count). The number of hydrogen-bond donors (Lipinski definition) is 1. The van der Waals surface area contributed by atoms with E-state index < -0.39 is 0 Å². The largest absolute Gasteiger partial charge is 0.389 e. The molecule has 0 amide bonds. The molecule has 8 heavy (non-hydrogen) atoms. The van der Waals surface area contributed by atoms with E-state index in [1.54, 1.807) is 0 Å². The van der Waals surface area contributed by atoms with Crippen molar-refractivity contribution in [2.24, 2.45) is 5.41 Å². The molecule has 0 aromatic carbocycles. The van der Waals surface area contributed by atoms with Crippen LogP contribution in [-0.2, 0) is 0 Å². The van der Waals surface area contributed by atoms with Crippen molar-refractivity contribution in [3.63, 3.8) is 0 Å². The van der Waals surface area contributed by atoms with E-state index in [0.29, 0.717) is 5.41 Å². The maximum atomic E-state index is 9.53. The lowest BCUT2D eigenvalue weighted by Crippen LogP contribution is -2.08. The average Bonchev–Trinajstić information content (AvgIpc) is 2.00. The second-order valence-corrected chi connectivity index (χ2v) is 3.62. The highest BCUT2D eigenvalue weighted by molar-refractivity contribution is 5.17. The molecule has 0 aromatic rings. The normalized spacial score (nSPS) is 60.8. The first-order valence-electron chi connectivity index (χ1n) is 3.39. The number of hydrogen-bond acceptors (Lipinski definition) is 1. The van der Waals surface area contributed by atoms with Gasteiger partial charge in [0.05, 0.1) is 5.60 Å². The molecule has 0 radical (unpaired) electrons. The van der Waals surface area contributed by atoms with E-state index in [4.69, 9.17) is 0 Å². The van der Waals surface area contributed by atoms with Crippen LogP contribution < -0.4 is 0 Å². The summed E-state index contributed by atoms with van der Waals surface area (Å²) in [4.78, 5) is 0. The van der Waals surface area contributed by atoms with E-state index in [1.807, 2.05) is 0 Å². The van der Waals surface area contributed by atoms with Crippen LogP contribution in [0.5, 0.6) is 0 Å². The molecule has 1 heteroatoms. The fourth-order valence-corrected chi connectivity index (χ4v) is 2.08. The monoisotopic (exact) mass is 112 g/mol. The lowest BCUT2D eigenvalue weighted by atomic mass is 10.1. The molecule has 1 N–H and O–H groups in total. The summed E-state index contributed by atoms with van der Waals surface area (Å²) in [6, 6.07) is 0. The standard InChI is InChI=1S/C7H12O/c1-6-3-2-4-7(6,8)5-6/h8H,2-5H2,1H3. The van der Waals surface area contributed by atoms with Crippen molar-refractivity contribution < 1.29 is 5.11 Å². The van der Waals surface area contributed by atoms with Crippen molar-refractivity contribution >= 4 is 0 Å². The van der Waals surface area contributed by atoms with E-state index in [9.17, 15) is 5.11 Å². The summed E-state index contributed by atoms with van der Waals surface area (Å²) in [6.07, 6.45) is 4.62. The van der Waals surface area contributed by atoms with Gasteiger partial charge in [-0.1, -0.05) is 6.92 Å². The topological polar surface area (TPSA) is 20.2 Å². The van der Waals surface area contributed by atoms with Gasteiger partial charge >= 0.3 is 0 Å². The molecule has 2 aliphatic rings. The fraction of sp³-hybridized carbons (Fsp3) is 1.00. The van der Waals surface area contributed by atoms with E-state index in [2.05, 4.69) is 6.92 Å². The summed E-state index contributed by atoms with van der Waals surface area (Å²) in [5, 5.41) is 9.53. The summed E-state index contributed by atoms with van der Waals surface area (Å²) >= 11 is 0. The van der Waals surface area contributed by atoms with Crippen LogP contribution in [0, 0.1) is 5.41 Å². The van der Waals surface area contributed by atoms with Crippen molar-refractivity contribution in [1.29, 1.82) is 0 Å². The molecular weight excluding hydrogens is 100 g/mol. The van der Waals surface area contributed by atoms with Crippen LogP contribution in [0.2, 0.25) is 0 Å². The molecule has 0 heterocycles. The quantitative estimate of drug-likeness (QED) is 0.501. The molecule has 0 saturated heterocycles. The summed E-state index contributed by atoms with van der Waals surface area (Å²) < 4.78 is 0. The zero-order valence-electron chi connectivity index (χ0n) is 5.28. The van der Waals surface area contributed by atoms with Gasteiger partial charge in [0.25, 0.3) is 0 Å². The van der Waals surface area contributed by atoms with Crippen molar-refractivity contribution in [3.05, 3.63) is 0 Å². The van der Waals surface area contributed by atoms with Crippen LogP contribution in [0.4, 0.5) is 0 Å². The Labute approximate surface area is 49.7 Å². The zero-order valence-corrected chi connectivity index (χ0v) is 5.28. The number of aliphatic hydroxyl groups is 1. The van der Waals surface area contributed by atoms with Crippen LogP contribution >= 0.6 is 0 Å². The Morgan fingerprint density at radius 1 is 1.38 bits per heavy atom. The maximum absolute atomic E-state index is 9.53. The minimum Gasteiger partial charge on any atom is -0.389 e. The molecular formula is C7H12O. The third kappa shape index (κ3) is 0.334. The highest BCUT2D eigenvalue weighted by Gasteiger charge is 2.65. The number of rotatable bonds is 0. The van der Waals surface area contributed by atoms with E-state index >= 15 is 0 Å². The van der Waals surface area contributed by atoms with Gasteiger partial charge in [-0.2, -0.15) is 0 Å². The van der Waals surface area contributed by atoms with Gasteiger partial charge in [-0.05, 0) is 31.1 Å². The van der Waals surface area contributed by atoms with E-state index in [0.717, 1.165) is 12.8 Å². The van der Waals surface area contributed by atoms with Crippen molar-refractivity contribution in [2.75, 3.05) is 0 Å². The van der Waals surface area contributed by atoms with Crippen LogP contribution in [0.15, 0.2) is 0 Å². The van der Waals surface area contributed by atoms with E-state index in [-0.39, 0.29) is 5.60 Å².